The van der Waals surface area contributed by atoms with Crippen molar-refractivity contribution in [2.45, 2.75) is 294 Å². The molecule has 0 aromatic carbocycles. The number of amides is 1. The summed E-state index contributed by atoms with van der Waals surface area (Å²) < 4.78 is 17.6. The van der Waals surface area contributed by atoms with Gasteiger partial charge in [0.2, 0.25) is 5.91 Å². The van der Waals surface area contributed by atoms with Crippen LogP contribution in [0.3, 0.4) is 0 Å². The highest BCUT2D eigenvalue weighted by atomic mass is 16.7. The number of allylic oxidation sites excluding steroid dienone is 19. The number of hydrogen-bond acceptors (Lipinski definition) is 10. The molecule has 0 aromatic rings. The van der Waals surface area contributed by atoms with Crippen molar-refractivity contribution in [2.75, 3.05) is 13.2 Å². The molecule has 0 saturated carbocycles. The summed E-state index contributed by atoms with van der Waals surface area (Å²) in [6.07, 6.45) is 68.0. The molecule has 1 amide bonds. The van der Waals surface area contributed by atoms with Crippen molar-refractivity contribution in [1.29, 1.82) is 0 Å². The highest BCUT2D eigenvalue weighted by Crippen LogP contribution is 2.26. The highest BCUT2D eigenvalue weighted by molar-refractivity contribution is 5.80. The van der Waals surface area contributed by atoms with Gasteiger partial charge >= 0.3 is 5.97 Å². The molecule has 11 heteroatoms. The maximum absolute atomic E-state index is 13.4. The lowest BCUT2D eigenvalue weighted by Gasteiger charge is -2.41. The highest BCUT2D eigenvalue weighted by Gasteiger charge is 2.47. The van der Waals surface area contributed by atoms with E-state index in [9.17, 15) is 35.1 Å². The quantitative estimate of drug-likeness (QED) is 0.0195. The molecule has 1 fully saturated rings. The smallest absolute Gasteiger partial charge is 0.306 e. The van der Waals surface area contributed by atoms with Gasteiger partial charge in [0.05, 0.1) is 25.4 Å². The molecule has 1 aliphatic rings. The second-order valence-corrected chi connectivity index (χ2v) is 21.8. The van der Waals surface area contributed by atoms with E-state index < -0.39 is 67.4 Å². The molecule has 0 radical (unpaired) electrons. The average molecular weight is 1130 g/mol. The van der Waals surface area contributed by atoms with Gasteiger partial charge < -0.3 is 45.1 Å². The van der Waals surface area contributed by atoms with Gasteiger partial charge in [0.25, 0.3) is 0 Å². The minimum atomic E-state index is -1.64. The van der Waals surface area contributed by atoms with Crippen molar-refractivity contribution >= 4 is 11.9 Å². The maximum Gasteiger partial charge on any atom is 0.306 e. The van der Waals surface area contributed by atoms with Crippen molar-refractivity contribution in [1.82, 2.24) is 5.32 Å². The number of unbranched alkanes of at least 4 members (excludes halogenated alkanes) is 21. The van der Waals surface area contributed by atoms with Crippen molar-refractivity contribution < 1.29 is 49.3 Å². The number of carbonyl (C=O) groups is 2. The predicted octanol–water partition coefficient (Wildman–Crippen LogP) is 15.8. The summed E-state index contributed by atoms with van der Waals surface area (Å²) >= 11 is 0. The van der Waals surface area contributed by atoms with E-state index in [0.717, 1.165) is 122 Å². The summed E-state index contributed by atoms with van der Waals surface area (Å²) in [7, 11) is 0. The van der Waals surface area contributed by atoms with E-state index in [4.69, 9.17) is 14.2 Å². The monoisotopic (exact) mass is 1130 g/mol. The van der Waals surface area contributed by atoms with Crippen LogP contribution in [0.15, 0.2) is 122 Å². The van der Waals surface area contributed by atoms with E-state index >= 15 is 0 Å². The number of nitrogens with one attached hydrogen (secondary N) is 1. The van der Waals surface area contributed by atoms with E-state index in [1.54, 1.807) is 6.08 Å². The molecule has 8 unspecified atom stereocenters. The zero-order chi connectivity index (χ0) is 58.9. The molecule has 462 valence electrons. The lowest BCUT2D eigenvalue weighted by atomic mass is 9.99. The van der Waals surface area contributed by atoms with Gasteiger partial charge in [-0.1, -0.05) is 245 Å². The third-order valence-corrected chi connectivity index (χ3v) is 14.3. The van der Waals surface area contributed by atoms with Crippen LogP contribution in [0.25, 0.3) is 0 Å². The van der Waals surface area contributed by atoms with Gasteiger partial charge in [0, 0.05) is 6.42 Å². The standard InChI is InChI=1S/C70H117NO10/c1-4-7-10-13-16-19-22-25-27-29-31-32-33-35-37-40-43-46-49-52-55-58-65(75)81-68-67(77)66(76)64(59-72)80-70(68)79-60-61(62(73)56-53-50-47-44-41-38-24-21-18-15-12-9-6-3)71-69(78)63(74)57-54-51-48-45-42-39-36-34-30-28-26-23-20-17-14-11-8-5-2/h7,10,16-17,19-20,25-28,31-32,34-37,43,46,53,56,61-64,66-68,70,72-74,76-77H,4-6,8-9,11-15,18,21-24,29-30,33,38-42,44-45,47-52,54-55,57-60H2,1-3H3,(H,71,78)/b10-7-,19-16-,20-17-,27-25-,28-26-,32-31-,36-34-,37-35-,46-43-,56-53+. The van der Waals surface area contributed by atoms with Crippen molar-refractivity contribution in [3.8, 4) is 0 Å². The summed E-state index contributed by atoms with van der Waals surface area (Å²) in [5.74, 6) is -1.26. The van der Waals surface area contributed by atoms with Crippen LogP contribution < -0.4 is 5.32 Å². The number of ether oxygens (including phenoxy) is 3. The average Bonchev–Trinajstić information content (AvgIpc) is 3.53. The van der Waals surface area contributed by atoms with Gasteiger partial charge in [-0.05, 0) is 116 Å². The molecule has 0 spiro atoms. The Morgan fingerprint density at radius 3 is 1.36 bits per heavy atom. The SMILES string of the molecule is CC/C=C\C/C=C\C/C=C\C/C=C\C/C=C\C/C=C\CCCCC(=O)OC1C(OCC(NC(=O)C(O)CCCCCCC/C=C\C/C=C\C/C=C\CCCCC)C(O)/C=C/CCCCCCCCCCCCC)OC(CO)C(O)C1O. The Morgan fingerprint density at radius 2 is 0.889 bits per heavy atom. The molecule has 1 saturated heterocycles. The fraction of sp³-hybridized carbons (Fsp3) is 0.686. The summed E-state index contributed by atoms with van der Waals surface area (Å²) in [6.45, 7) is 5.61. The lowest BCUT2D eigenvalue weighted by Crippen LogP contribution is -2.61. The largest absolute Gasteiger partial charge is 0.454 e. The Balaban J connectivity index is 2.72. The molecule has 6 N–H and O–H groups in total. The first-order valence-electron chi connectivity index (χ1n) is 32.3. The molecular weight excluding hydrogens is 1010 g/mol. The van der Waals surface area contributed by atoms with Crippen molar-refractivity contribution in [3.05, 3.63) is 122 Å². The zero-order valence-electron chi connectivity index (χ0n) is 51.1. The minimum absolute atomic E-state index is 0.0601. The van der Waals surface area contributed by atoms with Gasteiger partial charge in [-0.25, -0.2) is 0 Å². The molecule has 0 aliphatic carbocycles. The molecular formula is C70H117NO10. The Kier molecular flexibility index (Phi) is 52.4. The number of hydrogen-bond donors (Lipinski definition) is 6. The van der Waals surface area contributed by atoms with Crippen LogP contribution in [0.4, 0.5) is 0 Å². The molecule has 1 rings (SSSR count). The molecule has 81 heavy (non-hydrogen) atoms. The lowest BCUT2D eigenvalue weighted by molar-refractivity contribution is -0.305. The zero-order valence-corrected chi connectivity index (χ0v) is 51.1. The molecule has 11 nitrogen and oxygen atoms in total. The molecule has 0 aromatic heterocycles. The number of esters is 1. The topological polar surface area (TPSA) is 175 Å². The number of aliphatic hydroxyl groups is 5. The van der Waals surface area contributed by atoms with Gasteiger partial charge in [0.15, 0.2) is 12.4 Å². The molecule has 1 heterocycles. The Labute approximate surface area is 493 Å². The van der Waals surface area contributed by atoms with Crippen LogP contribution in [0.2, 0.25) is 0 Å². The summed E-state index contributed by atoms with van der Waals surface area (Å²) in [6, 6.07) is -1.05. The second kappa shape index (κ2) is 56.5. The number of rotatable bonds is 53. The predicted molar refractivity (Wildman–Crippen MR) is 338 cm³/mol. The van der Waals surface area contributed by atoms with Crippen LogP contribution in [-0.2, 0) is 23.8 Å². The third kappa shape index (κ3) is 44.3. The third-order valence-electron chi connectivity index (χ3n) is 14.3. The van der Waals surface area contributed by atoms with Gasteiger partial charge in [-0.15, -0.1) is 0 Å². The fourth-order valence-electron chi connectivity index (χ4n) is 9.25. The van der Waals surface area contributed by atoms with E-state index in [1.165, 1.54) is 77.0 Å². The Bertz CT molecular complexity index is 1780. The van der Waals surface area contributed by atoms with Gasteiger partial charge in [-0.3, -0.25) is 9.59 Å². The normalized spacial score (nSPS) is 19.5. The molecule has 8 atom stereocenters. The molecule has 0 bridgehead atoms. The number of carbonyl (C=O) groups excluding carboxylic acids is 2. The summed E-state index contributed by atoms with van der Waals surface area (Å²) in [4.78, 5) is 26.6. The van der Waals surface area contributed by atoms with E-state index in [-0.39, 0.29) is 19.4 Å². The van der Waals surface area contributed by atoms with E-state index in [0.29, 0.717) is 12.8 Å². The van der Waals surface area contributed by atoms with E-state index in [1.807, 2.05) is 6.08 Å². The van der Waals surface area contributed by atoms with Crippen LogP contribution in [0.5, 0.6) is 0 Å². The summed E-state index contributed by atoms with van der Waals surface area (Å²) in [5, 5.41) is 57.1. The first-order valence-corrected chi connectivity index (χ1v) is 32.3. The van der Waals surface area contributed by atoms with E-state index in [2.05, 4.69) is 135 Å². The number of aliphatic hydroxyl groups excluding tert-OH is 5. The van der Waals surface area contributed by atoms with Gasteiger partial charge in [0.1, 0.15) is 24.4 Å². The Hall–Kier alpha value is -3.94. The fourth-order valence-corrected chi connectivity index (χ4v) is 9.25. The van der Waals surface area contributed by atoms with Crippen LogP contribution >= 0.6 is 0 Å². The minimum Gasteiger partial charge on any atom is -0.454 e. The van der Waals surface area contributed by atoms with Crippen LogP contribution in [-0.4, -0.2) is 99.6 Å². The maximum atomic E-state index is 13.4. The summed E-state index contributed by atoms with van der Waals surface area (Å²) in [5.41, 5.74) is 0. The first kappa shape index (κ1) is 75.1. The van der Waals surface area contributed by atoms with Crippen LogP contribution in [0.1, 0.15) is 245 Å². The second-order valence-electron chi connectivity index (χ2n) is 21.8. The first-order chi connectivity index (χ1) is 39.7. The van der Waals surface area contributed by atoms with Gasteiger partial charge in [-0.2, -0.15) is 0 Å². The van der Waals surface area contributed by atoms with Crippen molar-refractivity contribution in [2.24, 2.45) is 0 Å². The molecule has 1 aliphatic heterocycles. The van der Waals surface area contributed by atoms with Crippen molar-refractivity contribution in [3.63, 3.8) is 0 Å². The Morgan fingerprint density at radius 1 is 0.494 bits per heavy atom. The van der Waals surface area contributed by atoms with Crippen LogP contribution in [0, 0.1) is 0 Å².